The van der Waals surface area contributed by atoms with Crippen LogP contribution in [0.4, 0.5) is 0 Å². The maximum Gasteiger partial charge on any atom is 0.311 e. The van der Waals surface area contributed by atoms with E-state index >= 15 is 0 Å². The molecule has 0 spiro atoms. The van der Waals surface area contributed by atoms with Crippen LogP contribution in [0.1, 0.15) is 36.0 Å². The van der Waals surface area contributed by atoms with Gasteiger partial charge < -0.3 is 4.74 Å². The van der Waals surface area contributed by atoms with Gasteiger partial charge in [0.1, 0.15) is 5.75 Å². The first-order chi connectivity index (χ1) is 18.1. The molecule has 6 rings (SSSR count). The van der Waals surface area contributed by atoms with Crippen LogP contribution < -0.4 is 4.74 Å². The van der Waals surface area contributed by atoms with Gasteiger partial charge in [-0.15, -0.1) is 0 Å². The second kappa shape index (κ2) is 9.95. The number of carbonyl (C=O) groups is 1. The van der Waals surface area contributed by atoms with Gasteiger partial charge in [0, 0.05) is 27.3 Å². The lowest BCUT2D eigenvalue weighted by molar-refractivity contribution is -0.134. The number of aromatic nitrogens is 1. The monoisotopic (exact) mass is 547 g/mol. The Balaban J connectivity index is 1.44. The summed E-state index contributed by atoms with van der Waals surface area (Å²) in [5.41, 5.74) is 6.49. The first kappa shape index (κ1) is 23.6. The van der Waals surface area contributed by atoms with Crippen LogP contribution in [-0.2, 0) is 16.6 Å². The summed E-state index contributed by atoms with van der Waals surface area (Å²) in [5, 5.41) is 1.11. The third-order valence-electron chi connectivity index (χ3n) is 7.41. The quantitative estimate of drug-likeness (QED) is 0.152. The highest BCUT2D eigenvalue weighted by Crippen LogP contribution is 2.54. The van der Waals surface area contributed by atoms with Crippen LogP contribution >= 0.6 is 15.9 Å². The van der Waals surface area contributed by atoms with E-state index in [0.29, 0.717) is 18.6 Å². The zero-order valence-corrected chi connectivity index (χ0v) is 21.9. The third-order valence-corrected chi connectivity index (χ3v) is 7.90. The predicted octanol–water partition coefficient (Wildman–Crippen LogP) is 8.28. The molecule has 0 radical (unpaired) electrons. The van der Waals surface area contributed by atoms with Crippen molar-refractivity contribution in [2.24, 2.45) is 0 Å². The molecule has 1 heterocycles. The molecule has 1 aromatic heterocycles. The molecule has 1 aliphatic rings. The molecule has 37 heavy (non-hydrogen) atoms. The number of benzene rings is 4. The van der Waals surface area contributed by atoms with Gasteiger partial charge in [-0.2, -0.15) is 0 Å². The van der Waals surface area contributed by atoms with Crippen LogP contribution in [0.3, 0.4) is 0 Å². The fraction of sp³-hybridized carbons (Fsp3) is 0.152. The number of rotatable bonds is 7. The van der Waals surface area contributed by atoms with Gasteiger partial charge in [0.2, 0.25) is 0 Å². The number of pyridine rings is 1. The van der Waals surface area contributed by atoms with Crippen molar-refractivity contribution in [3.05, 3.63) is 130 Å². The number of hydrogen-bond donors (Lipinski definition) is 0. The Bertz CT molecular complexity index is 1580. The third kappa shape index (κ3) is 4.58. The summed E-state index contributed by atoms with van der Waals surface area (Å²) >= 11 is 3.71. The molecule has 1 atom stereocenters. The van der Waals surface area contributed by atoms with E-state index in [1.807, 2.05) is 42.5 Å². The summed E-state index contributed by atoms with van der Waals surface area (Å²) in [5.74, 6) is 0.359. The number of nitrogens with zero attached hydrogens (tertiary/aromatic N) is 1. The minimum absolute atomic E-state index is 0.218. The fourth-order valence-corrected chi connectivity index (χ4v) is 5.96. The molecule has 182 valence electrons. The lowest BCUT2D eigenvalue weighted by Gasteiger charge is -2.32. The predicted molar refractivity (Wildman–Crippen MR) is 152 cm³/mol. The van der Waals surface area contributed by atoms with Crippen molar-refractivity contribution < 1.29 is 9.53 Å². The van der Waals surface area contributed by atoms with Crippen LogP contribution in [-0.4, -0.2) is 11.0 Å². The number of hydrogen-bond acceptors (Lipinski definition) is 3. The number of aryl methyl sites for hydroxylation is 1. The summed E-state index contributed by atoms with van der Waals surface area (Å²) in [6.45, 7) is 0. The van der Waals surface area contributed by atoms with Gasteiger partial charge >= 0.3 is 5.97 Å². The Labute approximate surface area is 225 Å². The van der Waals surface area contributed by atoms with E-state index in [4.69, 9.17) is 9.72 Å². The summed E-state index contributed by atoms with van der Waals surface area (Å²) in [4.78, 5) is 18.2. The van der Waals surface area contributed by atoms with Gasteiger partial charge in [0.25, 0.3) is 0 Å². The Kier molecular flexibility index (Phi) is 6.35. The lowest BCUT2D eigenvalue weighted by Crippen LogP contribution is -2.28. The van der Waals surface area contributed by atoms with E-state index in [0.717, 1.165) is 39.5 Å². The normalized spacial score (nSPS) is 15.8. The molecule has 0 N–H and O–H groups in total. The smallest absolute Gasteiger partial charge is 0.311 e. The van der Waals surface area contributed by atoms with Crippen molar-refractivity contribution in [1.82, 2.24) is 4.98 Å². The fourth-order valence-electron chi connectivity index (χ4n) is 5.60. The average molecular weight is 548 g/mol. The molecular weight excluding hydrogens is 522 g/mol. The van der Waals surface area contributed by atoms with Gasteiger partial charge in [0.15, 0.2) is 0 Å². The molecule has 0 saturated carbocycles. The van der Waals surface area contributed by atoms with E-state index in [1.165, 1.54) is 16.7 Å². The number of fused-ring (bicyclic) bond motifs is 4. The molecule has 0 bridgehead atoms. The van der Waals surface area contributed by atoms with Crippen molar-refractivity contribution in [2.75, 3.05) is 0 Å². The Morgan fingerprint density at radius 3 is 2.32 bits per heavy atom. The van der Waals surface area contributed by atoms with Crippen molar-refractivity contribution in [2.45, 2.75) is 31.1 Å². The largest absolute Gasteiger partial charge is 0.427 e. The highest BCUT2D eigenvalue weighted by atomic mass is 79.9. The zero-order chi connectivity index (χ0) is 25.2. The van der Waals surface area contributed by atoms with Gasteiger partial charge in [0.05, 0.1) is 11.2 Å². The molecule has 5 aromatic rings. The highest BCUT2D eigenvalue weighted by Gasteiger charge is 2.44. The van der Waals surface area contributed by atoms with Gasteiger partial charge in [-0.3, -0.25) is 4.79 Å². The highest BCUT2D eigenvalue weighted by molar-refractivity contribution is 9.10. The molecule has 3 nitrogen and oxygen atoms in total. The first-order valence-electron chi connectivity index (χ1n) is 12.6. The molecule has 1 aliphatic carbocycles. The minimum atomic E-state index is -0.364. The maximum absolute atomic E-state index is 13.0. The average Bonchev–Trinajstić information content (AvgIpc) is 3.19. The molecule has 0 aliphatic heterocycles. The van der Waals surface area contributed by atoms with Crippen molar-refractivity contribution >= 4 is 32.8 Å². The van der Waals surface area contributed by atoms with E-state index in [2.05, 4.69) is 82.7 Å². The van der Waals surface area contributed by atoms with Gasteiger partial charge in [-0.25, -0.2) is 4.98 Å². The molecule has 4 aromatic carbocycles. The van der Waals surface area contributed by atoms with Crippen molar-refractivity contribution in [3.63, 3.8) is 0 Å². The molecule has 0 fully saturated rings. The lowest BCUT2D eigenvalue weighted by atomic mass is 9.71. The standard InChI is InChI=1S/C33H26BrNO2/c34-25-15-16-27-28(22-25)33(19-17-23-9-3-1-4-10-23,20-18-31(36)37-26-12-5-2-6-13-26)29-21-24-11-7-8-14-30(24)35-32(27)29/h1-16,21-22H,17-20H2. The van der Waals surface area contributed by atoms with Crippen molar-refractivity contribution in [3.8, 4) is 17.0 Å². The second-order valence-electron chi connectivity index (χ2n) is 9.62. The maximum atomic E-state index is 13.0. The summed E-state index contributed by atoms with van der Waals surface area (Å²) in [6, 6.07) is 36.9. The second-order valence-corrected chi connectivity index (χ2v) is 10.5. The van der Waals surface area contributed by atoms with E-state index in [-0.39, 0.29) is 11.4 Å². The summed E-state index contributed by atoms with van der Waals surface area (Å²) < 4.78 is 6.72. The van der Waals surface area contributed by atoms with Crippen LogP contribution in [0.5, 0.6) is 5.75 Å². The summed E-state index contributed by atoms with van der Waals surface area (Å²) in [7, 11) is 0. The number of esters is 1. The van der Waals surface area contributed by atoms with Crippen LogP contribution in [0.2, 0.25) is 0 Å². The number of halogens is 1. The van der Waals surface area contributed by atoms with Gasteiger partial charge in [-0.05, 0) is 72.4 Å². The number of para-hydroxylation sites is 2. The Morgan fingerprint density at radius 1 is 0.784 bits per heavy atom. The Morgan fingerprint density at radius 2 is 1.51 bits per heavy atom. The molecule has 0 saturated heterocycles. The number of carbonyl (C=O) groups excluding carboxylic acids is 1. The molecule has 4 heteroatoms. The van der Waals surface area contributed by atoms with Crippen LogP contribution in [0.25, 0.3) is 22.2 Å². The van der Waals surface area contributed by atoms with Gasteiger partial charge in [-0.1, -0.05) is 88.7 Å². The minimum Gasteiger partial charge on any atom is -0.427 e. The van der Waals surface area contributed by atoms with Crippen LogP contribution in [0.15, 0.2) is 114 Å². The van der Waals surface area contributed by atoms with Crippen LogP contribution in [0, 0.1) is 0 Å². The Hall–Kier alpha value is -3.76. The topological polar surface area (TPSA) is 39.2 Å². The zero-order valence-electron chi connectivity index (χ0n) is 20.4. The SMILES string of the molecule is O=C(CCC1(CCc2ccccc2)c2cc(Br)ccc2-c2nc3ccccc3cc21)Oc1ccccc1. The molecule has 0 amide bonds. The number of ether oxygens (including phenoxy) is 1. The molecular formula is C33H26BrNO2. The summed E-state index contributed by atoms with van der Waals surface area (Å²) in [6.07, 6.45) is 2.71. The first-order valence-corrected chi connectivity index (χ1v) is 13.4. The van der Waals surface area contributed by atoms with Crippen molar-refractivity contribution in [1.29, 1.82) is 0 Å². The molecule has 1 unspecified atom stereocenters. The van der Waals surface area contributed by atoms with E-state index in [1.54, 1.807) is 0 Å². The van der Waals surface area contributed by atoms with E-state index in [9.17, 15) is 4.79 Å². The van der Waals surface area contributed by atoms with E-state index < -0.39 is 0 Å².